The van der Waals surface area contributed by atoms with Gasteiger partial charge >= 0.3 is 0 Å². The first-order valence-electron chi connectivity index (χ1n) is 4.87. The molecule has 6 heteroatoms. The molecule has 0 aromatic carbocycles. The van der Waals surface area contributed by atoms with Crippen LogP contribution in [0, 0.1) is 0 Å². The third-order valence-electron chi connectivity index (χ3n) is 1.91. The smallest absolute Gasteiger partial charge is 0.144 e. The first kappa shape index (κ1) is 11.4. The molecule has 0 bridgehead atoms. The van der Waals surface area contributed by atoms with Crippen LogP contribution in [-0.2, 0) is 6.42 Å². The van der Waals surface area contributed by atoms with E-state index in [2.05, 4.69) is 21.5 Å². The number of hydrogen-bond donors (Lipinski definition) is 2. The molecular weight excluding hydrogens is 240 g/mol. The zero-order valence-electron chi connectivity index (χ0n) is 8.80. The lowest BCUT2D eigenvalue weighted by Gasteiger charge is -2.04. The Labute approximate surface area is 102 Å². The minimum Gasteiger partial charge on any atom is -0.308 e. The summed E-state index contributed by atoms with van der Waals surface area (Å²) < 4.78 is 1.21. The van der Waals surface area contributed by atoms with Crippen LogP contribution in [0.15, 0.2) is 32.8 Å². The van der Waals surface area contributed by atoms with Crippen molar-refractivity contribution < 1.29 is 0 Å². The van der Waals surface area contributed by atoms with E-state index in [-0.39, 0.29) is 0 Å². The summed E-state index contributed by atoms with van der Waals surface area (Å²) in [5, 5.41) is 2.97. The molecule has 0 aliphatic carbocycles. The highest BCUT2D eigenvalue weighted by molar-refractivity contribution is 8.01. The molecule has 2 rings (SSSR count). The van der Waals surface area contributed by atoms with E-state index < -0.39 is 0 Å². The van der Waals surface area contributed by atoms with Crippen LogP contribution in [0.1, 0.15) is 12.7 Å². The van der Waals surface area contributed by atoms with Crippen molar-refractivity contribution in [2.24, 2.45) is 5.84 Å². The molecule has 2 aromatic heterocycles. The van der Waals surface area contributed by atoms with Crippen molar-refractivity contribution >= 4 is 28.9 Å². The highest BCUT2D eigenvalue weighted by Gasteiger charge is 2.05. The van der Waals surface area contributed by atoms with Gasteiger partial charge in [0.1, 0.15) is 16.7 Å². The van der Waals surface area contributed by atoms with Gasteiger partial charge in [-0.1, -0.05) is 24.8 Å². The van der Waals surface area contributed by atoms with E-state index in [4.69, 9.17) is 5.84 Å². The van der Waals surface area contributed by atoms with Crippen LogP contribution in [0.2, 0.25) is 0 Å². The molecule has 2 heterocycles. The molecular formula is C10H12N4S2. The summed E-state index contributed by atoms with van der Waals surface area (Å²) in [4.78, 5) is 8.68. The number of hydrazine groups is 1. The van der Waals surface area contributed by atoms with Gasteiger partial charge in [-0.15, -0.1) is 11.3 Å². The number of aromatic nitrogens is 2. The molecule has 0 radical (unpaired) electrons. The molecule has 4 nitrogen and oxygen atoms in total. The molecule has 0 saturated heterocycles. The van der Waals surface area contributed by atoms with Crippen molar-refractivity contribution in [1.29, 1.82) is 0 Å². The van der Waals surface area contributed by atoms with Crippen molar-refractivity contribution in [1.82, 2.24) is 9.97 Å². The van der Waals surface area contributed by atoms with Crippen LogP contribution in [0.3, 0.4) is 0 Å². The topological polar surface area (TPSA) is 63.8 Å². The fraction of sp³-hybridized carbons (Fsp3) is 0.200. The van der Waals surface area contributed by atoms with Crippen molar-refractivity contribution in [3.63, 3.8) is 0 Å². The van der Waals surface area contributed by atoms with Gasteiger partial charge in [0.2, 0.25) is 0 Å². The van der Waals surface area contributed by atoms with E-state index in [9.17, 15) is 0 Å². The lowest BCUT2D eigenvalue weighted by Crippen LogP contribution is -2.10. The van der Waals surface area contributed by atoms with Gasteiger partial charge in [-0.05, 0) is 11.4 Å². The average Bonchev–Trinajstić information content (AvgIpc) is 2.81. The quantitative estimate of drug-likeness (QED) is 0.497. The molecule has 0 aliphatic rings. The zero-order valence-corrected chi connectivity index (χ0v) is 10.4. The van der Waals surface area contributed by atoms with Crippen LogP contribution < -0.4 is 11.3 Å². The summed E-state index contributed by atoms with van der Waals surface area (Å²) in [5.74, 6) is 6.83. The van der Waals surface area contributed by atoms with Gasteiger partial charge < -0.3 is 5.43 Å². The number of anilines is 1. The Balaban J connectivity index is 2.26. The Morgan fingerprint density at radius 1 is 1.50 bits per heavy atom. The van der Waals surface area contributed by atoms with Gasteiger partial charge in [0.25, 0.3) is 0 Å². The molecule has 2 aromatic rings. The van der Waals surface area contributed by atoms with E-state index >= 15 is 0 Å². The minimum atomic E-state index is 0.658. The van der Waals surface area contributed by atoms with Gasteiger partial charge in [-0.2, -0.15) is 0 Å². The Morgan fingerprint density at radius 3 is 3.00 bits per heavy atom. The molecule has 0 fully saturated rings. The summed E-state index contributed by atoms with van der Waals surface area (Å²) >= 11 is 3.32. The van der Waals surface area contributed by atoms with Crippen LogP contribution in [-0.4, -0.2) is 9.97 Å². The zero-order chi connectivity index (χ0) is 11.4. The molecule has 84 valence electrons. The summed E-state index contributed by atoms with van der Waals surface area (Å²) in [6.45, 7) is 2.02. The number of rotatable bonds is 4. The van der Waals surface area contributed by atoms with Crippen molar-refractivity contribution in [2.75, 3.05) is 5.43 Å². The van der Waals surface area contributed by atoms with Crippen molar-refractivity contribution in [2.45, 2.75) is 22.6 Å². The number of nitrogens with one attached hydrogen (secondary N) is 1. The molecule has 0 aliphatic heterocycles. The fourth-order valence-electron chi connectivity index (χ4n) is 1.18. The Hall–Kier alpha value is -1.11. The van der Waals surface area contributed by atoms with Gasteiger partial charge in [-0.3, -0.25) is 0 Å². The van der Waals surface area contributed by atoms with E-state index in [0.717, 1.165) is 17.3 Å². The summed E-state index contributed by atoms with van der Waals surface area (Å²) in [5.41, 5.74) is 2.56. The standard InChI is InChI=1S/C10H12N4S2/c1-2-7-12-8(14-11)6-9(13-7)16-10-4-3-5-15-10/h3-6H,2,11H2,1H3,(H,12,13,14). The SMILES string of the molecule is CCc1nc(NN)cc(Sc2cccs2)n1. The molecule has 0 unspecified atom stereocenters. The second-order valence-electron chi connectivity index (χ2n) is 3.04. The maximum absolute atomic E-state index is 5.37. The van der Waals surface area contributed by atoms with E-state index in [1.807, 2.05) is 24.4 Å². The monoisotopic (exact) mass is 252 g/mol. The molecule has 16 heavy (non-hydrogen) atoms. The predicted molar refractivity (Wildman–Crippen MR) is 67.7 cm³/mol. The normalized spacial score (nSPS) is 10.4. The highest BCUT2D eigenvalue weighted by Crippen LogP contribution is 2.30. The van der Waals surface area contributed by atoms with E-state index in [0.29, 0.717) is 5.82 Å². The molecule has 0 amide bonds. The third kappa shape index (κ3) is 2.72. The maximum atomic E-state index is 5.37. The average molecular weight is 252 g/mol. The van der Waals surface area contributed by atoms with Gasteiger partial charge in [0, 0.05) is 12.5 Å². The number of aryl methyl sites for hydroxylation is 1. The highest BCUT2D eigenvalue weighted by atomic mass is 32.2. The van der Waals surface area contributed by atoms with Crippen LogP contribution in [0.25, 0.3) is 0 Å². The van der Waals surface area contributed by atoms with Crippen LogP contribution in [0.4, 0.5) is 5.82 Å². The van der Waals surface area contributed by atoms with Gasteiger partial charge in [-0.25, -0.2) is 15.8 Å². The second kappa shape index (κ2) is 5.29. The molecule has 3 N–H and O–H groups in total. The number of hydrogen-bond acceptors (Lipinski definition) is 6. The third-order valence-corrected chi connectivity index (χ3v) is 3.87. The van der Waals surface area contributed by atoms with E-state index in [1.54, 1.807) is 23.1 Å². The second-order valence-corrected chi connectivity index (χ2v) is 5.31. The minimum absolute atomic E-state index is 0.658. The Bertz CT molecular complexity index is 434. The molecule has 0 saturated carbocycles. The van der Waals surface area contributed by atoms with E-state index in [1.165, 1.54) is 4.21 Å². The van der Waals surface area contributed by atoms with Crippen molar-refractivity contribution in [3.05, 3.63) is 29.4 Å². The number of thiophene rings is 1. The van der Waals surface area contributed by atoms with Crippen LogP contribution >= 0.6 is 23.1 Å². The first-order valence-corrected chi connectivity index (χ1v) is 6.57. The maximum Gasteiger partial charge on any atom is 0.144 e. The van der Waals surface area contributed by atoms with Gasteiger partial charge in [0.15, 0.2) is 0 Å². The first-order chi connectivity index (χ1) is 7.81. The lowest BCUT2D eigenvalue weighted by molar-refractivity contribution is 0.889. The number of nitrogen functional groups attached to an aromatic ring is 1. The molecule has 0 spiro atoms. The summed E-state index contributed by atoms with van der Waals surface area (Å²) in [7, 11) is 0. The lowest BCUT2D eigenvalue weighted by atomic mass is 10.4. The largest absolute Gasteiger partial charge is 0.308 e. The Morgan fingerprint density at radius 2 is 2.38 bits per heavy atom. The Kier molecular flexibility index (Phi) is 3.76. The molecule has 0 atom stereocenters. The summed E-state index contributed by atoms with van der Waals surface area (Å²) in [6, 6.07) is 5.94. The number of nitrogens with zero attached hydrogens (tertiary/aromatic N) is 2. The fourth-order valence-corrected chi connectivity index (χ4v) is 2.92. The predicted octanol–water partition coefficient (Wildman–Crippen LogP) is 2.54. The van der Waals surface area contributed by atoms with Crippen molar-refractivity contribution in [3.8, 4) is 0 Å². The number of nitrogens with two attached hydrogens (primary N) is 1. The van der Waals surface area contributed by atoms with Crippen LogP contribution in [0.5, 0.6) is 0 Å². The van der Waals surface area contributed by atoms with Gasteiger partial charge in [0.05, 0.1) is 4.21 Å². The summed E-state index contributed by atoms with van der Waals surface area (Å²) in [6.07, 6.45) is 0.799.